The highest BCUT2D eigenvalue weighted by Gasteiger charge is 2.04. The molecule has 0 bridgehead atoms. The van der Waals surface area contributed by atoms with Crippen molar-refractivity contribution in [1.29, 1.82) is 0 Å². The Bertz CT molecular complexity index is 694. The van der Waals surface area contributed by atoms with Gasteiger partial charge in [0.15, 0.2) is 0 Å². The predicted octanol–water partition coefficient (Wildman–Crippen LogP) is 3.02. The molecule has 0 heterocycles. The summed E-state index contributed by atoms with van der Waals surface area (Å²) in [4.78, 5) is 12.0. The first-order chi connectivity index (χ1) is 11.2. The number of amides is 1. The highest BCUT2D eigenvalue weighted by Crippen LogP contribution is 2.15. The van der Waals surface area contributed by atoms with Crippen LogP contribution in [0.5, 0.6) is 11.5 Å². The Morgan fingerprint density at radius 1 is 1.22 bits per heavy atom. The van der Waals surface area contributed by atoms with Crippen LogP contribution in [0.25, 0.3) is 0 Å². The molecule has 2 aromatic carbocycles. The van der Waals surface area contributed by atoms with E-state index in [4.69, 9.17) is 9.47 Å². The summed E-state index contributed by atoms with van der Waals surface area (Å²) in [6.45, 7) is 4.02. The average Bonchev–Trinajstić information content (AvgIpc) is 2.61. The van der Waals surface area contributed by atoms with E-state index in [1.54, 1.807) is 43.7 Å². The molecular weight excluding hydrogens is 292 g/mol. The van der Waals surface area contributed by atoms with Gasteiger partial charge in [0.05, 0.1) is 13.3 Å². The summed E-state index contributed by atoms with van der Waals surface area (Å²) < 4.78 is 10.6. The molecule has 0 aliphatic heterocycles. The number of nitrogens with one attached hydrogen (secondary N) is 1. The van der Waals surface area contributed by atoms with Crippen LogP contribution in [-0.4, -0.2) is 25.8 Å². The molecule has 0 aliphatic rings. The lowest BCUT2D eigenvalue weighted by atomic mass is 10.2. The van der Waals surface area contributed by atoms with Crippen molar-refractivity contribution < 1.29 is 14.3 Å². The summed E-state index contributed by atoms with van der Waals surface area (Å²) in [5, 5.41) is 3.97. The van der Waals surface area contributed by atoms with Gasteiger partial charge in [-0.05, 0) is 36.4 Å². The minimum Gasteiger partial charge on any atom is -0.497 e. The maximum Gasteiger partial charge on any atom is 0.271 e. The minimum atomic E-state index is -0.298. The lowest BCUT2D eigenvalue weighted by molar-refractivity contribution is 0.0955. The molecule has 5 nitrogen and oxygen atoms in total. The minimum absolute atomic E-state index is 0.298. The molecule has 0 unspecified atom stereocenters. The first kappa shape index (κ1) is 16.3. The Hall–Kier alpha value is -3.08. The number of hydrogen-bond acceptors (Lipinski definition) is 4. The van der Waals surface area contributed by atoms with Gasteiger partial charge in [-0.15, -0.1) is 0 Å². The van der Waals surface area contributed by atoms with Crippen LogP contribution >= 0.6 is 0 Å². The van der Waals surface area contributed by atoms with E-state index >= 15 is 0 Å². The summed E-state index contributed by atoms with van der Waals surface area (Å²) in [7, 11) is 1.57. The molecule has 0 saturated heterocycles. The van der Waals surface area contributed by atoms with Crippen molar-refractivity contribution in [3.63, 3.8) is 0 Å². The summed E-state index contributed by atoms with van der Waals surface area (Å²) in [5.74, 6) is 1.07. The summed E-state index contributed by atoms with van der Waals surface area (Å²) >= 11 is 0. The van der Waals surface area contributed by atoms with Crippen LogP contribution < -0.4 is 14.9 Å². The van der Waals surface area contributed by atoms with Gasteiger partial charge in [0.2, 0.25) is 0 Å². The van der Waals surface area contributed by atoms with Gasteiger partial charge in [0.1, 0.15) is 18.1 Å². The van der Waals surface area contributed by atoms with Gasteiger partial charge in [-0.25, -0.2) is 5.43 Å². The van der Waals surface area contributed by atoms with Gasteiger partial charge >= 0.3 is 0 Å². The van der Waals surface area contributed by atoms with Crippen LogP contribution in [-0.2, 0) is 0 Å². The summed E-state index contributed by atoms with van der Waals surface area (Å²) in [5.41, 5.74) is 3.75. The van der Waals surface area contributed by atoms with E-state index < -0.39 is 0 Å². The van der Waals surface area contributed by atoms with Crippen LogP contribution in [0.1, 0.15) is 15.9 Å². The van der Waals surface area contributed by atoms with E-state index in [1.807, 2.05) is 24.3 Å². The number of hydrogen-bond donors (Lipinski definition) is 1. The van der Waals surface area contributed by atoms with E-state index in [1.165, 1.54) is 0 Å². The zero-order chi connectivity index (χ0) is 16.5. The lowest BCUT2D eigenvalue weighted by Crippen LogP contribution is -2.17. The zero-order valence-electron chi connectivity index (χ0n) is 12.9. The number of ether oxygens (including phenoxy) is 2. The number of benzene rings is 2. The number of methoxy groups -OCH3 is 1. The Balaban J connectivity index is 2.00. The lowest BCUT2D eigenvalue weighted by Gasteiger charge is -2.06. The molecular formula is C18H18N2O3. The fourth-order valence-corrected chi connectivity index (χ4v) is 1.83. The van der Waals surface area contributed by atoms with E-state index in [0.717, 1.165) is 5.56 Å². The van der Waals surface area contributed by atoms with Crippen molar-refractivity contribution in [2.45, 2.75) is 0 Å². The smallest absolute Gasteiger partial charge is 0.271 e. The SMILES string of the molecule is C=CCOc1ccccc1/C=N/NC(=O)c1ccc(OC)cc1. The number of carbonyl (C=O) groups excluding carboxylic acids is 1. The van der Waals surface area contributed by atoms with Crippen molar-refractivity contribution in [2.75, 3.05) is 13.7 Å². The number of rotatable bonds is 7. The third-order valence-electron chi connectivity index (χ3n) is 3.00. The standard InChI is InChI=1S/C18H18N2O3/c1-3-12-23-17-7-5-4-6-15(17)13-19-20-18(21)14-8-10-16(22-2)11-9-14/h3-11,13H,1,12H2,2H3,(H,20,21)/b19-13+. The monoisotopic (exact) mass is 310 g/mol. The number of para-hydroxylation sites is 1. The molecule has 0 aliphatic carbocycles. The molecule has 118 valence electrons. The number of nitrogens with zero attached hydrogens (tertiary/aromatic N) is 1. The third-order valence-corrected chi connectivity index (χ3v) is 3.00. The van der Waals surface area contributed by atoms with E-state index in [9.17, 15) is 4.79 Å². The Morgan fingerprint density at radius 2 is 1.96 bits per heavy atom. The van der Waals surface area contributed by atoms with Gasteiger partial charge in [-0.1, -0.05) is 24.8 Å². The second-order valence-corrected chi connectivity index (χ2v) is 4.57. The molecule has 2 aromatic rings. The largest absolute Gasteiger partial charge is 0.497 e. The molecule has 0 saturated carbocycles. The van der Waals surface area contributed by atoms with Crippen LogP contribution in [0.2, 0.25) is 0 Å². The van der Waals surface area contributed by atoms with E-state index in [2.05, 4.69) is 17.1 Å². The quantitative estimate of drug-likeness (QED) is 0.486. The number of hydrazone groups is 1. The van der Waals surface area contributed by atoms with Crippen LogP contribution in [0.3, 0.4) is 0 Å². The van der Waals surface area contributed by atoms with Gasteiger partial charge in [0, 0.05) is 11.1 Å². The predicted molar refractivity (Wildman–Crippen MR) is 90.2 cm³/mol. The third kappa shape index (κ3) is 4.71. The Kier molecular flexibility index (Phi) is 5.94. The topological polar surface area (TPSA) is 59.9 Å². The molecule has 2 rings (SSSR count). The Morgan fingerprint density at radius 3 is 2.65 bits per heavy atom. The number of carbonyl (C=O) groups is 1. The van der Waals surface area contributed by atoms with Crippen LogP contribution in [0, 0.1) is 0 Å². The molecule has 0 spiro atoms. The van der Waals surface area contributed by atoms with Gasteiger partial charge in [-0.2, -0.15) is 5.10 Å². The van der Waals surface area contributed by atoms with E-state index in [-0.39, 0.29) is 5.91 Å². The van der Waals surface area contributed by atoms with Crippen molar-refractivity contribution >= 4 is 12.1 Å². The summed E-state index contributed by atoms with van der Waals surface area (Å²) in [6.07, 6.45) is 3.21. The highest BCUT2D eigenvalue weighted by atomic mass is 16.5. The molecule has 0 atom stereocenters. The molecule has 0 aromatic heterocycles. The highest BCUT2D eigenvalue weighted by molar-refractivity contribution is 5.95. The molecule has 23 heavy (non-hydrogen) atoms. The molecule has 1 amide bonds. The van der Waals surface area contributed by atoms with Crippen molar-refractivity contribution in [2.24, 2.45) is 5.10 Å². The first-order valence-corrected chi connectivity index (χ1v) is 7.04. The van der Waals surface area contributed by atoms with Crippen LogP contribution in [0.4, 0.5) is 0 Å². The normalized spacial score (nSPS) is 10.3. The van der Waals surface area contributed by atoms with Crippen molar-refractivity contribution in [1.82, 2.24) is 5.43 Å². The average molecular weight is 310 g/mol. The first-order valence-electron chi connectivity index (χ1n) is 7.04. The molecule has 0 fully saturated rings. The molecule has 1 N–H and O–H groups in total. The van der Waals surface area contributed by atoms with Crippen molar-refractivity contribution in [3.8, 4) is 11.5 Å². The van der Waals surface area contributed by atoms with Crippen molar-refractivity contribution in [3.05, 3.63) is 72.3 Å². The Labute approximate surface area is 135 Å². The fraction of sp³-hybridized carbons (Fsp3) is 0.111. The van der Waals surface area contributed by atoms with Gasteiger partial charge in [-0.3, -0.25) is 4.79 Å². The summed E-state index contributed by atoms with van der Waals surface area (Å²) in [6, 6.07) is 14.2. The van der Waals surface area contributed by atoms with Gasteiger partial charge < -0.3 is 9.47 Å². The second-order valence-electron chi connectivity index (χ2n) is 4.57. The maximum absolute atomic E-state index is 12.0. The van der Waals surface area contributed by atoms with E-state index in [0.29, 0.717) is 23.7 Å². The maximum atomic E-state index is 12.0. The van der Waals surface area contributed by atoms with Gasteiger partial charge in [0.25, 0.3) is 5.91 Å². The molecule has 5 heteroatoms. The molecule has 0 radical (unpaired) electrons. The second kappa shape index (κ2) is 8.38. The van der Waals surface area contributed by atoms with Crippen LogP contribution in [0.15, 0.2) is 66.3 Å². The zero-order valence-corrected chi connectivity index (χ0v) is 12.9. The fourth-order valence-electron chi connectivity index (χ4n) is 1.83.